The number of nitrogens with one attached hydrogen (secondary N) is 1. The van der Waals surface area contributed by atoms with E-state index in [9.17, 15) is 4.79 Å². The van der Waals surface area contributed by atoms with E-state index >= 15 is 0 Å². The van der Waals surface area contributed by atoms with Crippen LogP contribution in [0.4, 0.5) is 5.69 Å². The third-order valence-electron chi connectivity index (χ3n) is 3.45. The molecule has 1 atom stereocenters. The molecule has 0 aromatic heterocycles. The molecule has 1 unspecified atom stereocenters. The van der Waals surface area contributed by atoms with Crippen molar-refractivity contribution in [2.75, 3.05) is 5.73 Å². The molecule has 18 heavy (non-hydrogen) atoms. The average Bonchev–Trinajstić information content (AvgIpc) is 3.11. The number of amides is 1. The number of hydrogen-bond acceptors (Lipinski definition) is 2. The Morgan fingerprint density at radius 3 is 2.61 bits per heavy atom. The number of rotatable bonds is 4. The Bertz CT molecular complexity index is 480. The summed E-state index contributed by atoms with van der Waals surface area (Å²) in [6, 6.07) is 7.58. The zero-order valence-electron chi connectivity index (χ0n) is 10.6. The third-order valence-corrected chi connectivity index (χ3v) is 3.45. The number of hydrogen-bond donors (Lipinski definition) is 2. The lowest BCUT2D eigenvalue weighted by Gasteiger charge is -2.19. The summed E-state index contributed by atoms with van der Waals surface area (Å²) in [7, 11) is 0. The highest BCUT2D eigenvalue weighted by molar-refractivity contribution is 5.91. The van der Waals surface area contributed by atoms with Crippen LogP contribution in [0.25, 0.3) is 0 Å². The highest BCUT2D eigenvalue weighted by atomic mass is 16.2. The number of nitrogens with two attached hydrogens (primary N) is 1. The summed E-state index contributed by atoms with van der Waals surface area (Å²) < 4.78 is 0. The predicted molar refractivity (Wildman–Crippen MR) is 72.8 cm³/mol. The number of carbonyl (C=O) groups is 1. The summed E-state index contributed by atoms with van der Waals surface area (Å²) in [5, 5.41) is 2.98. The molecule has 1 aromatic carbocycles. The maximum atomic E-state index is 12.3. The zero-order chi connectivity index (χ0) is 13.2. The minimum atomic E-state index is -0.351. The molecule has 3 heteroatoms. The fourth-order valence-corrected chi connectivity index (χ4v) is 2.16. The normalized spacial score (nSPS) is 17.6. The van der Waals surface area contributed by atoms with Crippen molar-refractivity contribution in [3.63, 3.8) is 0 Å². The Labute approximate surface area is 108 Å². The third kappa shape index (κ3) is 2.33. The topological polar surface area (TPSA) is 55.1 Å². The molecular weight excluding hydrogens is 224 g/mol. The van der Waals surface area contributed by atoms with Gasteiger partial charge in [-0.15, -0.1) is 12.3 Å². The first-order valence-electron chi connectivity index (χ1n) is 6.19. The van der Waals surface area contributed by atoms with Crippen molar-refractivity contribution in [1.82, 2.24) is 5.32 Å². The summed E-state index contributed by atoms with van der Waals surface area (Å²) in [6.07, 6.45) is 7.59. The molecule has 0 heterocycles. The molecule has 94 valence electrons. The number of benzene rings is 1. The Morgan fingerprint density at radius 1 is 1.50 bits per heavy atom. The molecule has 0 bridgehead atoms. The lowest BCUT2D eigenvalue weighted by Crippen LogP contribution is -2.40. The summed E-state index contributed by atoms with van der Waals surface area (Å²) in [5.74, 6) is 2.64. The van der Waals surface area contributed by atoms with E-state index in [2.05, 4.69) is 11.2 Å². The quantitative estimate of drug-likeness (QED) is 0.625. The number of terminal acetylenes is 1. The fourth-order valence-electron chi connectivity index (χ4n) is 2.16. The highest BCUT2D eigenvalue weighted by Crippen LogP contribution is 2.48. The van der Waals surface area contributed by atoms with Crippen LogP contribution in [0.2, 0.25) is 0 Å². The van der Waals surface area contributed by atoms with Crippen LogP contribution >= 0.6 is 0 Å². The first-order valence-corrected chi connectivity index (χ1v) is 6.19. The van der Waals surface area contributed by atoms with Gasteiger partial charge in [-0.3, -0.25) is 4.79 Å². The Morgan fingerprint density at radius 2 is 2.11 bits per heavy atom. The van der Waals surface area contributed by atoms with E-state index in [-0.39, 0.29) is 17.4 Å². The number of nitrogen functional groups attached to an aromatic ring is 1. The molecule has 1 amide bonds. The predicted octanol–water partition coefficient (Wildman–Crippen LogP) is 1.83. The maximum Gasteiger partial charge on any atom is 0.230 e. The van der Waals surface area contributed by atoms with Crippen molar-refractivity contribution >= 4 is 11.6 Å². The van der Waals surface area contributed by atoms with E-state index < -0.39 is 0 Å². The molecule has 3 N–H and O–H groups in total. The molecule has 1 aliphatic carbocycles. The fraction of sp³-hybridized carbons (Fsp3) is 0.400. The summed E-state index contributed by atoms with van der Waals surface area (Å²) in [6.45, 7) is 1.93. The summed E-state index contributed by atoms with van der Waals surface area (Å²) >= 11 is 0. The van der Waals surface area contributed by atoms with Crippen molar-refractivity contribution in [3.8, 4) is 12.3 Å². The summed E-state index contributed by atoms with van der Waals surface area (Å²) in [4.78, 5) is 12.3. The minimum absolute atomic E-state index is 0.0220. The first kappa shape index (κ1) is 12.5. The molecule has 2 rings (SSSR count). The molecule has 0 saturated heterocycles. The van der Waals surface area contributed by atoms with Crippen LogP contribution in [0.5, 0.6) is 0 Å². The molecule has 0 spiro atoms. The minimum Gasteiger partial charge on any atom is -0.399 e. The maximum absolute atomic E-state index is 12.3. The second kappa shape index (κ2) is 4.73. The largest absolute Gasteiger partial charge is 0.399 e. The molecule has 1 aliphatic rings. The van der Waals surface area contributed by atoms with Crippen LogP contribution in [-0.2, 0) is 10.2 Å². The Hall–Kier alpha value is -1.95. The standard InChI is InChI=1S/C15H18N2O/c1-3-4-11(2)17-14(18)15(9-10-15)12-5-7-13(16)8-6-12/h1,5-8,11H,4,9-10,16H2,2H3,(H,17,18). The van der Waals surface area contributed by atoms with Gasteiger partial charge in [-0.2, -0.15) is 0 Å². The van der Waals surface area contributed by atoms with E-state index in [0.29, 0.717) is 6.42 Å². The van der Waals surface area contributed by atoms with Gasteiger partial charge in [0.05, 0.1) is 5.41 Å². The van der Waals surface area contributed by atoms with Crippen LogP contribution in [0.1, 0.15) is 31.7 Å². The molecule has 0 radical (unpaired) electrons. The number of anilines is 1. The highest BCUT2D eigenvalue weighted by Gasteiger charge is 2.51. The molecule has 0 aliphatic heterocycles. The van der Waals surface area contributed by atoms with Gasteiger partial charge < -0.3 is 11.1 Å². The molecule has 1 saturated carbocycles. The van der Waals surface area contributed by atoms with Gasteiger partial charge in [0.15, 0.2) is 0 Å². The molecular formula is C15H18N2O. The van der Waals surface area contributed by atoms with Gasteiger partial charge >= 0.3 is 0 Å². The van der Waals surface area contributed by atoms with Crippen LogP contribution < -0.4 is 11.1 Å². The van der Waals surface area contributed by atoms with Crippen LogP contribution in [0.15, 0.2) is 24.3 Å². The van der Waals surface area contributed by atoms with Gasteiger partial charge in [0.1, 0.15) is 0 Å². The monoisotopic (exact) mass is 242 g/mol. The van der Waals surface area contributed by atoms with E-state index in [1.54, 1.807) is 0 Å². The van der Waals surface area contributed by atoms with Crippen LogP contribution in [0, 0.1) is 12.3 Å². The molecule has 3 nitrogen and oxygen atoms in total. The van der Waals surface area contributed by atoms with Gasteiger partial charge in [-0.1, -0.05) is 12.1 Å². The van der Waals surface area contributed by atoms with Gasteiger partial charge in [0.2, 0.25) is 5.91 Å². The average molecular weight is 242 g/mol. The second-order valence-electron chi connectivity index (χ2n) is 4.99. The zero-order valence-corrected chi connectivity index (χ0v) is 10.6. The van der Waals surface area contributed by atoms with Crippen LogP contribution in [0.3, 0.4) is 0 Å². The smallest absolute Gasteiger partial charge is 0.230 e. The van der Waals surface area contributed by atoms with Crippen molar-refractivity contribution in [3.05, 3.63) is 29.8 Å². The Balaban J connectivity index is 2.10. The van der Waals surface area contributed by atoms with Gasteiger partial charge in [-0.25, -0.2) is 0 Å². The lowest BCUT2D eigenvalue weighted by molar-refractivity contribution is -0.124. The van der Waals surface area contributed by atoms with Gasteiger partial charge in [-0.05, 0) is 37.5 Å². The van der Waals surface area contributed by atoms with Crippen molar-refractivity contribution in [1.29, 1.82) is 0 Å². The Kier molecular flexibility index (Phi) is 3.29. The van der Waals surface area contributed by atoms with Crippen molar-refractivity contribution in [2.24, 2.45) is 0 Å². The molecule has 1 aromatic rings. The van der Waals surface area contributed by atoms with Gasteiger partial charge in [0, 0.05) is 18.2 Å². The van der Waals surface area contributed by atoms with Crippen molar-refractivity contribution < 1.29 is 4.79 Å². The van der Waals surface area contributed by atoms with E-state index in [0.717, 1.165) is 24.1 Å². The van der Waals surface area contributed by atoms with Gasteiger partial charge in [0.25, 0.3) is 0 Å². The van der Waals surface area contributed by atoms with Crippen molar-refractivity contribution in [2.45, 2.75) is 37.6 Å². The van der Waals surface area contributed by atoms with Crippen LogP contribution in [-0.4, -0.2) is 11.9 Å². The van der Waals surface area contributed by atoms with E-state index in [4.69, 9.17) is 12.2 Å². The molecule has 1 fully saturated rings. The van der Waals surface area contributed by atoms with E-state index in [1.165, 1.54) is 0 Å². The second-order valence-corrected chi connectivity index (χ2v) is 4.99. The summed E-state index contributed by atoms with van der Waals surface area (Å²) in [5.41, 5.74) is 7.08. The lowest BCUT2D eigenvalue weighted by atomic mass is 9.94. The SMILES string of the molecule is C#CCC(C)NC(=O)C1(c2ccc(N)cc2)CC1. The number of carbonyl (C=O) groups excluding carboxylic acids is 1. The van der Waals surface area contributed by atoms with E-state index in [1.807, 2.05) is 31.2 Å². The first-order chi connectivity index (χ1) is 8.58.